The molecule has 0 fully saturated rings. The molecule has 2 heterocycles. The van der Waals surface area contributed by atoms with Gasteiger partial charge in [-0.3, -0.25) is 4.79 Å². The molecule has 1 N–H and O–H groups in total. The third kappa shape index (κ3) is 4.48. The van der Waals surface area contributed by atoms with Gasteiger partial charge in [-0.15, -0.1) is 0 Å². The Hall–Kier alpha value is -4.39. The van der Waals surface area contributed by atoms with Crippen molar-refractivity contribution in [2.24, 2.45) is 0 Å². The maximum Gasteiger partial charge on any atom is 0.326 e. The highest BCUT2D eigenvalue weighted by molar-refractivity contribution is 5.91. The summed E-state index contributed by atoms with van der Waals surface area (Å²) in [5.41, 5.74) is 5.04. The first-order valence-corrected chi connectivity index (χ1v) is 12.2. The van der Waals surface area contributed by atoms with Gasteiger partial charge in [0.2, 0.25) is 5.91 Å². The topological polar surface area (TPSA) is 84.7 Å². The molecule has 0 saturated carbocycles. The Morgan fingerprint density at radius 1 is 0.973 bits per heavy atom. The van der Waals surface area contributed by atoms with Crippen LogP contribution in [0.1, 0.15) is 39.8 Å². The van der Waals surface area contributed by atoms with Gasteiger partial charge in [0.15, 0.2) is 0 Å². The third-order valence-corrected chi connectivity index (χ3v) is 7.02. The molecule has 4 aromatic rings. The summed E-state index contributed by atoms with van der Waals surface area (Å²) in [6.07, 6.45) is 0.165. The fraction of sp³-hybridized carbons (Fsp3) is 0.233. The van der Waals surface area contributed by atoms with Crippen molar-refractivity contribution in [3.8, 4) is 11.4 Å². The smallest absolute Gasteiger partial charge is 0.326 e. The van der Waals surface area contributed by atoms with Gasteiger partial charge in [-0.2, -0.15) is 0 Å². The number of carbonyl (C=O) groups is 2. The number of nitrogens with zero attached hydrogens (tertiary/aromatic N) is 3. The van der Waals surface area contributed by atoms with Crippen molar-refractivity contribution >= 4 is 11.9 Å². The Balaban J connectivity index is 1.56. The van der Waals surface area contributed by atoms with Crippen LogP contribution in [-0.2, 0) is 22.6 Å². The lowest BCUT2D eigenvalue weighted by molar-refractivity contribution is -0.151. The first-order chi connectivity index (χ1) is 17.9. The molecule has 7 heteroatoms. The van der Waals surface area contributed by atoms with Crippen LogP contribution in [0.15, 0.2) is 78.9 Å². The molecule has 1 aromatic heterocycles. The van der Waals surface area contributed by atoms with Crippen LogP contribution in [-0.4, -0.2) is 44.6 Å². The number of aromatic nitrogens is 2. The van der Waals surface area contributed by atoms with E-state index in [1.165, 1.54) is 4.90 Å². The number of carboxylic acids is 1. The quantitative estimate of drug-likeness (QED) is 0.420. The zero-order valence-corrected chi connectivity index (χ0v) is 21.1. The summed E-state index contributed by atoms with van der Waals surface area (Å²) >= 11 is 0. The Labute approximate surface area is 216 Å². The number of methoxy groups -OCH3 is 1. The minimum Gasteiger partial charge on any atom is -0.496 e. The molecule has 3 aromatic carbocycles. The van der Waals surface area contributed by atoms with Crippen molar-refractivity contribution in [3.63, 3.8) is 0 Å². The molecular formula is C30H29N3O4. The number of ether oxygens (including phenoxy) is 1. The summed E-state index contributed by atoms with van der Waals surface area (Å²) in [7, 11) is 1.63. The van der Waals surface area contributed by atoms with E-state index in [9.17, 15) is 14.7 Å². The average molecular weight is 496 g/mol. The van der Waals surface area contributed by atoms with E-state index in [4.69, 9.17) is 9.72 Å². The average Bonchev–Trinajstić information content (AvgIpc) is 3.23. The number of benzene rings is 3. The minimum absolute atomic E-state index is 0.129. The maximum atomic E-state index is 14.1. The lowest BCUT2D eigenvalue weighted by Crippen LogP contribution is -2.50. The minimum atomic E-state index is -1.03. The number of carboxylic acid groups (broad SMARTS) is 1. The van der Waals surface area contributed by atoms with Crippen LogP contribution in [0, 0.1) is 13.8 Å². The molecule has 1 amide bonds. The highest BCUT2D eigenvalue weighted by Crippen LogP contribution is 2.33. The van der Waals surface area contributed by atoms with Gasteiger partial charge in [0, 0.05) is 12.1 Å². The van der Waals surface area contributed by atoms with Crippen molar-refractivity contribution in [1.82, 2.24) is 14.5 Å². The second-order valence-electron chi connectivity index (χ2n) is 9.32. The van der Waals surface area contributed by atoms with Crippen LogP contribution in [0.4, 0.5) is 0 Å². The zero-order chi connectivity index (χ0) is 26.1. The summed E-state index contributed by atoms with van der Waals surface area (Å²) in [5, 5.41) is 10.2. The maximum absolute atomic E-state index is 14.1. The van der Waals surface area contributed by atoms with Gasteiger partial charge in [0.05, 0.1) is 31.0 Å². The number of carbonyl (C=O) groups excluding carboxylic acids is 1. The molecular weight excluding hydrogens is 466 g/mol. The van der Waals surface area contributed by atoms with Crippen molar-refractivity contribution in [3.05, 3.63) is 113 Å². The van der Waals surface area contributed by atoms with Crippen LogP contribution < -0.4 is 4.74 Å². The Kier molecular flexibility index (Phi) is 6.53. The SMILES string of the molecule is COc1ccc(-n2c(C)nc3c2CC(C(=O)O)N(C(=O)C(c2ccccc2)c2ccccc2)C3)cc1C. The number of hydrogen-bond acceptors (Lipinski definition) is 4. The number of aliphatic carboxylic acids is 1. The van der Waals surface area contributed by atoms with Crippen molar-refractivity contribution < 1.29 is 19.4 Å². The zero-order valence-electron chi connectivity index (χ0n) is 21.1. The molecule has 37 heavy (non-hydrogen) atoms. The first-order valence-electron chi connectivity index (χ1n) is 12.2. The number of fused-ring (bicyclic) bond motifs is 1. The summed E-state index contributed by atoms with van der Waals surface area (Å²) in [6.45, 7) is 4.00. The Bertz CT molecular complexity index is 1410. The molecule has 188 valence electrons. The standard InChI is InChI=1S/C30H29N3O4/c1-19-16-23(14-15-27(19)37-3)33-20(2)31-24-18-32(26(30(35)36)17-25(24)33)29(34)28(21-10-6-4-7-11-21)22-12-8-5-9-13-22/h4-16,26,28H,17-18H2,1-3H3,(H,35,36). The molecule has 0 bridgehead atoms. The summed E-state index contributed by atoms with van der Waals surface area (Å²) in [6, 6.07) is 23.8. The first kappa shape index (κ1) is 24.3. The van der Waals surface area contributed by atoms with Gasteiger partial charge in [0.1, 0.15) is 17.6 Å². The summed E-state index contributed by atoms with van der Waals surface area (Å²) < 4.78 is 7.39. The number of rotatable bonds is 6. The number of hydrogen-bond donors (Lipinski definition) is 1. The normalized spacial score (nSPS) is 14.9. The van der Waals surface area contributed by atoms with Gasteiger partial charge in [0.25, 0.3) is 0 Å². The second-order valence-corrected chi connectivity index (χ2v) is 9.32. The Morgan fingerprint density at radius 3 is 2.14 bits per heavy atom. The van der Waals surface area contributed by atoms with Crippen LogP contribution in [0.2, 0.25) is 0 Å². The highest BCUT2D eigenvalue weighted by Gasteiger charge is 2.40. The monoisotopic (exact) mass is 495 g/mol. The predicted molar refractivity (Wildman–Crippen MR) is 140 cm³/mol. The van der Waals surface area contributed by atoms with Crippen LogP contribution in [0.3, 0.4) is 0 Å². The molecule has 1 atom stereocenters. The molecule has 0 saturated heterocycles. The largest absolute Gasteiger partial charge is 0.496 e. The van der Waals surface area contributed by atoms with E-state index < -0.39 is 17.9 Å². The van der Waals surface area contributed by atoms with Crippen LogP contribution in [0.25, 0.3) is 5.69 Å². The highest BCUT2D eigenvalue weighted by atomic mass is 16.5. The van der Waals surface area contributed by atoms with E-state index in [1.807, 2.05) is 97.3 Å². The Morgan fingerprint density at radius 2 is 1.59 bits per heavy atom. The molecule has 1 aliphatic heterocycles. The van der Waals surface area contributed by atoms with E-state index >= 15 is 0 Å². The van der Waals surface area contributed by atoms with E-state index in [2.05, 4.69) is 0 Å². The molecule has 0 radical (unpaired) electrons. The fourth-order valence-corrected chi connectivity index (χ4v) is 5.27. The van der Waals surface area contributed by atoms with E-state index in [0.29, 0.717) is 0 Å². The van der Waals surface area contributed by atoms with E-state index in [0.717, 1.165) is 45.3 Å². The second kappa shape index (κ2) is 9.93. The molecule has 1 aliphatic rings. The van der Waals surface area contributed by atoms with Crippen LogP contribution >= 0.6 is 0 Å². The van der Waals surface area contributed by atoms with Crippen molar-refractivity contribution in [2.75, 3.05) is 7.11 Å². The summed E-state index contributed by atoms with van der Waals surface area (Å²) in [4.78, 5) is 32.9. The van der Waals surface area contributed by atoms with Crippen molar-refractivity contribution in [2.45, 2.75) is 38.8 Å². The van der Waals surface area contributed by atoms with Gasteiger partial charge < -0.3 is 19.3 Å². The molecule has 7 nitrogen and oxygen atoms in total. The molecule has 1 unspecified atom stereocenters. The van der Waals surface area contributed by atoms with Crippen LogP contribution in [0.5, 0.6) is 5.75 Å². The molecule has 0 aliphatic carbocycles. The van der Waals surface area contributed by atoms with E-state index in [-0.39, 0.29) is 18.9 Å². The third-order valence-electron chi connectivity index (χ3n) is 7.02. The number of imidazole rings is 1. The predicted octanol–water partition coefficient (Wildman–Crippen LogP) is 4.67. The summed E-state index contributed by atoms with van der Waals surface area (Å²) in [5.74, 6) is -0.365. The van der Waals surface area contributed by atoms with Gasteiger partial charge in [-0.05, 0) is 48.7 Å². The number of amides is 1. The molecule has 0 spiro atoms. The molecule has 5 rings (SSSR count). The fourth-order valence-electron chi connectivity index (χ4n) is 5.27. The van der Waals surface area contributed by atoms with Gasteiger partial charge in [-0.1, -0.05) is 60.7 Å². The lowest BCUT2D eigenvalue weighted by atomic mass is 9.88. The van der Waals surface area contributed by atoms with Gasteiger partial charge >= 0.3 is 5.97 Å². The van der Waals surface area contributed by atoms with E-state index in [1.54, 1.807) is 7.11 Å². The van der Waals surface area contributed by atoms with Crippen molar-refractivity contribution in [1.29, 1.82) is 0 Å². The lowest BCUT2D eigenvalue weighted by Gasteiger charge is -2.35. The number of aryl methyl sites for hydroxylation is 2. The van der Waals surface area contributed by atoms with Gasteiger partial charge in [-0.25, -0.2) is 9.78 Å².